The molecule has 7 atom stereocenters. The predicted octanol–water partition coefficient (Wildman–Crippen LogP) is 7.78. The second kappa shape index (κ2) is 32.6. The summed E-state index contributed by atoms with van der Waals surface area (Å²) in [6.45, 7) is 3.80. The quantitative estimate of drug-likeness (QED) is 0.0293. The SMILES string of the molecule is CCCCCC/C=C\CCCCCCCC(=O)NC(COC1OC(CO)C(O)C(O)C1O)C(O)CCCCCCCCCCCCCCCC. The first kappa shape index (κ1) is 47.0. The van der Waals surface area contributed by atoms with Crippen LogP contribution in [0.1, 0.15) is 187 Å². The van der Waals surface area contributed by atoms with E-state index in [4.69, 9.17) is 9.47 Å². The number of amides is 1. The van der Waals surface area contributed by atoms with Crippen molar-refractivity contribution in [1.82, 2.24) is 5.32 Å². The summed E-state index contributed by atoms with van der Waals surface area (Å²) < 4.78 is 11.2. The van der Waals surface area contributed by atoms with Crippen LogP contribution in [0.5, 0.6) is 0 Å². The molecule has 0 radical (unpaired) electrons. The van der Waals surface area contributed by atoms with E-state index in [2.05, 4.69) is 31.3 Å². The highest BCUT2D eigenvalue weighted by Gasteiger charge is 2.44. The monoisotopic (exact) mass is 714 g/mol. The van der Waals surface area contributed by atoms with Crippen molar-refractivity contribution in [2.24, 2.45) is 0 Å². The Labute approximate surface area is 306 Å². The Morgan fingerprint density at radius 1 is 0.660 bits per heavy atom. The lowest BCUT2D eigenvalue weighted by atomic mass is 9.99. The van der Waals surface area contributed by atoms with E-state index in [1.807, 2.05) is 0 Å². The maximum Gasteiger partial charge on any atom is 0.220 e. The maximum absolute atomic E-state index is 12.9. The van der Waals surface area contributed by atoms with E-state index in [0.29, 0.717) is 12.8 Å². The Kier molecular flexibility index (Phi) is 30.6. The summed E-state index contributed by atoms with van der Waals surface area (Å²) in [5, 5.41) is 54.1. The minimum atomic E-state index is -1.55. The number of allylic oxidation sites excluding steroid dienone is 2. The Hall–Kier alpha value is -1.07. The first-order valence-corrected chi connectivity index (χ1v) is 20.9. The molecule has 0 aromatic heterocycles. The molecule has 0 aromatic carbocycles. The van der Waals surface area contributed by atoms with Crippen LogP contribution in [0.25, 0.3) is 0 Å². The minimum Gasteiger partial charge on any atom is -0.394 e. The average Bonchev–Trinajstić information content (AvgIpc) is 3.11. The predicted molar refractivity (Wildman–Crippen MR) is 203 cm³/mol. The van der Waals surface area contributed by atoms with Crippen molar-refractivity contribution in [3.8, 4) is 0 Å². The third kappa shape index (κ3) is 23.5. The van der Waals surface area contributed by atoms with Crippen LogP contribution in [0.2, 0.25) is 0 Å². The number of carbonyl (C=O) groups is 1. The third-order valence-corrected chi connectivity index (χ3v) is 10.1. The normalized spacial score (nSPS) is 22.3. The molecule has 0 spiro atoms. The minimum absolute atomic E-state index is 0.139. The van der Waals surface area contributed by atoms with Gasteiger partial charge in [-0.05, 0) is 38.5 Å². The van der Waals surface area contributed by atoms with Crippen molar-refractivity contribution in [3.63, 3.8) is 0 Å². The number of aliphatic hydroxyl groups is 5. The molecule has 1 aliphatic rings. The van der Waals surface area contributed by atoms with Crippen LogP contribution in [0.4, 0.5) is 0 Å². The molecule has 1 rings (SSSR count). The number of hydrogen-bond donors (Lipinski definition) is 6. The molecule has 1 heterocycles. The molecule has 1 aliphatic heterocycles. The van der Waals surface area contributed by atoms with E-state index in [-0.39, 0.29) is 12.5 Å². The summed E-state index contributed by atoms with van der Waals surface area (Å²) in [4.78, 5) is 12.9. The molecule has 7 unspecified atom stereocenters. The second-order valence-corrected chi connectivity index (χ2v) is 14.8. The Morgan fingerprint density at radius 2 is 1.12 bits per heavy atom. The lowest BCUT2D eigenvalue weighted by Crippen LogP contribution is -2.60. The Morgan fingerprint density at radius 3 is 1.64 bits per heavy atom. The zero-order valence-electron chi connectivity index (χ0n) is 32.2. The van der Waals surface area contributed by atoms with Crippen molar-refractivity contribution in [2.45, 2.75) is 230 Å². The van der Waals surface area contributed by atoms with Crippen LogP contribution in [-0.2, 0) is 14.3 Å². The fourth-order valence-corrected chi connectivity index (χ4v) is 6.68. The molecule has 0 aromatic rings. The number of nitrogens with one attached hydrogen (secondary N) is 1. The van der Waals surface area contributed by atoms with Gasteiger partial charge in [0, 0.05) is 6.42 Å². The smallest absolute Gasteiger partial charge is 0.220 e. The molecular weight excluding hydrogens is 634 g/mol. The highest BCUT2D eigenvalue weighted by atomic mass is 16.7. The van der Waals surface area contributed by atoms with Crippen molar-refractivity contribution in [1.29, 1.82) is 0 Å². The van der Waals surface area contributed by atoms with E-state index in [1.165, 1.54) is 109 Å². The number of ether oxygens (including phenoxy) is 2. The van der Waals surface area contributed by atoms with Gasteiger partial charge in [-0.15, -0.1) is 0 Å². The lowest BCUT2D eigenvalue weighted by Gasteiger charge is -2.40. The van der Waals surface area contributed by atoms with Gasteiger partial charge >= 0.3 is 0 Å². The number of unbranched alkanes of at least 4 members (excludes halogenated alkanes) is 22. The molecule has 0 saturated carbocycles. The van der Waals surface area contributed by atoms with Crippen LogP contribution in [-0.4, -0.2) is 87.5 Å². The van der Waals surface area contributed by atoms with E-state index >= 15 is 0 Å². The number of hydrogen-bond acceptors (Lipinski definition) is 8. The van der Waals surface area contributed by atoms with Crippen LogP contribution < -0.4 is 5.32 Å². The van der Waals surface area contributed by atoms with E-state index in [0.717, 1.165) is 51.4 Å². The van der Waals surface area contributed by atoms with Gasteiger partial charge < -0.3 is 40.3 Å². The van der Waals surface area contributed by atoms with Crippen molar-refractivity contribution in [2.75, 3.05) is 13.2 Å². The number of carbonyl (C=O) groups excluding carboxylic acids is 1. The van der Waals surface area contributed by atoms with Crippen LogP contribution in [0.3, 0.4) is 0 Å². The molecule has 50 heavy (non-hydrogen) atoms. The van der Waals surface area contributed by atoms with Gasteiger partial charge in [0.05, 0.1) is 25.4 Å². The summed E-state index contributed by atoms with van der Waals surface area (Å²) in [5.74, 6) is -0.154. The molecule has 296 valence electrons. The highest BCUT2D eigenvalue weighted by Crippen LogP contribution is 2.23. The fraction of sp³-hybridized carbons (Fsp3) is 0.927. The molecule has 0 bridgehead atoms. The van der Waals surface area contributed by atoms with Crippen LogP contribution in [0, 0.1) is 0 Å². The molecule has 9 heteroatoms. The molecule has 1 saturated heterocycles. The van der Waals surface area contributed by atoms with Crippen LogP contribution in [0.15, 0.2) is 12.2 Å². The Bertz CT molecular complexity index is 797. The molecular formula is C41H79NO8. The first-order chi connectivity index (χ1) is 24.3. The largest absolute Gasteiger partial charge is 0.394 e. The van der Waals surface area contributed by atoms with Crippen molar-refractivity contribution < 1.29 is 39.8 Å². The van der Waals surface area contributed by atoms with Crippen LogP contribution >= 0.6 is 0 Å². The number of aliphatic hydroxyl groups excluding tert-OH is 5. The van der Waals surface area contributed by atoms with E-state index in [9.17, 15) is 30.3 Å². The molecule has 9 nitrogen and oxygen atoms in total. The first-order valence-electron chi connectivity index (χ1n) is 20.9. The van der Waals surface area contributed by atoms with Gasteiger partial charge in [-0.25, -0.2) is 0 Å². The van der Waals surface area contributed by atoms with Crippen molar-refractivity contribution >= 4 is 5.91 Å². The standard InChI is InChI=1S/C41H79NO8/c1-3-5-7-9-11-13-15-17-19-20-22-24-26-28-30-35(44)34(33-49-41-40(48)39(47)38(46)36(32-43)50-41)42-37(45)31-29-27-25-23-21-18-16-14-12-10-8-6-4-2/h14,16,34-36,38-41,43-44,46-48H,3-13,15,17-33H2,1-2H3,(H,42,45)/b16-14-. The lowest BCUT2D eigenvalue weighted by molar-refractivity contribution is -0.302. The van der Waals surface area contributed by atoms with Gasteiger partial charge in [-0.1, -0.05) is 154 Å². The summed E-state index contributed by atoms with van der Waals surface area (Å²) >= 11 is 0. The zero-order valence-corrected chi connectivity index (χ0v) is 32.2. The number of rotatable bonds is 34. The average molecular weight is 714 g/mol. The summed E-state index contributed by atoms with van der Waals surface area (Å²) in [6.07, 6.45) is 27.8. The molecule has 1 fully saturated rings. The summed E-state index contributed by atoms with van der Waals surface area (Å²) in [5.41, 5.74) is 0. The van der Waals surface area contributed by atoms with Gasteiger partial charge in [0.1, 0.15) is 24.4 Å². The van der Waals surface area contributed by atoms with Gasteiger partial charge in [0.25, 0.3) is 0 Å². The van der Waals surface area contributed by atoms with E-state index in [1.54, 1.807) is 0 Å². The summed E-state index contributed by atoms with van der Waals surface area (Å²) in [6, 6.07) is -0.717. The maximum atomic E-state index is 12.9. The Balaban J connectivity index is 2.39. The molecule has 6 N–H and O–H groups in total. The van der Waals surface area contributed by atoms with Gasteiger partial charge in [0.2, 0.25) is 5.91 Å². The fourth-order valence-electron chi connectivity index (χ4n) is 6.68. The van der Waals surface area contributed by atoms with Crippen molar-refractivity contribution in [3.05, 3.63) is 12.2 Å². The van der Waals surface area contributed by atoms with Gasteiger partial charge in [0.15, 0.2) is 6.29 Å². The zero-order chi connectivity index (χ0) is 36.7. The second-order valence-electron chi connectivity index (χ2n) is 14.8. The van der Waals surface area contributed by atoms with E-state index < -0.39 is 49.5 Å². The third-order valence-electron chi connectivity index (χ3n) is 10.1. The summed E-state index contributed by atoms with van der Waals surface area (Å²) in [7, 11) is 0. The highest BCUT2D eigenvalue weighted by molar-refractivity contribution is 5.76. The van der Waals surface area contributed by atoms with Gasteiger partial charge in [-0.2, -0.15) is 0 Å². The molecule has 0 aliphatic carbocycles. The molecule has 1 amide bonds. The van der Waals surface area contributed by atoms with Gasteiger partial charge in [-0.3, -0.25) is 4.79 Å². The topological polar surface area (TPSA) is 149 Å².